The molecular formula is C40H28F4O2P2. The predicted octanol–water partition coefficient (Wildman–Crippen LogP) is 7.93. The lowest BCUT2D eigenvalue weighted by molar-refractivity contribution is -0.160. The third-order valence-electron chi connectivity index (χ3n) is 8.57. The molecule has 2 aliphatic heterocycles. The van der Waals surface area contributed by atoms with E-state index in [0.717, 1.165) is 31.8 Å². The van der Waals surface area contributed by atoms with E-state index in [2.05, 4.69) is 0 Å². The molecule has 8 heteroatoms. The minimum atomic E-state index is -3.44. The highest BCUT2D eigenvalue weighted by molar-refractivity contribution is 7.80. The third-order valence-corrected chi connectivity index (χ3v) is 13.5. The second-order valence-electron chi connectivity index (χ2n) is 11.7. The molecule has 238 valence electrons. The number of fused-ring (bicyclic) bond motifs is 2. The van der Waals surface area contributed by atoms with E-state index in [9.17, 15) is 0 Å². The SMILES string of the molecule is FC1(F)Cc2c(ccc(P(c3ccccc3)c3ccccc3)c2-c2c(P(c3ccccc3)c3ccccc3)ccc3c2CC(F)(F)O3)O1. The molecule has 2 heterocycles. The van der Waals surface area contributed by atoms with Gasteiger partial charge in [-0.25, -0.2) is 0 Å². The summed E-state index contributed by atoms with van der Waals surface area (Å²) in [7, 11) is -2.64. The maximum Gasteiger partial charge on any atom is 0.402 e. The Labute approximate surface area is 278 Å². The Morgan fingerprint density at radius 2 is 0.688 bits per heavy atom. The second kappa shape index (κ2) is 12.2. The van der Waals surface area contributed by atoms with Crippen LogP contribution in [0.5, 0.6) is 11.5 Å². The smallest absolute Gasteiger partial charge is 0.402 e. The molecule has 6 aromatic rings. The van der Waals surface area contributed by atoms with Crippen LogP contribution in [0, 0.1) is 0 Å². The van der Waals surface area contributed by atoms with Crippen LogP contribution < -0.4 is 41.3 Å². The number of alkyl halides is 4. The quantitative estimate of drug-likeness (QED) is 0.126. The van der Waals surface area contributed by atoms with Crippen molar-refractivity contribution in [2.75, 3.05) is 0 Å². The molecule has 0 saturated heterocycles. The van der Waals surface area contributed by atoms with Crippen molar-refractivity contribution in [3.8, 4) is 22.6 Å². The van der Waals surface area contributed by atoms with Gasteiger partial charge in [0.05, 0.1) is 12.8 Å². The van der Waals surface area contributed by atoms with Gasteiger partial charge in [0.15, 0.2) is 0 Å². The number of halogens is 4. The minimum Gasteiger partial charge on any atom is -0.432 e. The van der Waals surface area contributed by atoms with Crippen LogP contribution in [0.2, 0.25) is 0 Å². The predicted molar refractivity (Wildman–Crippen MR) is 188 cm³/mol. The zero-order chi connectivity index (χ0) is 32.9. The van der Waals surface area contributed by atoms with Gasteiger partial charge in [0, 0.05) is 11.1 Å². The molecule has 0 amide bonds. The lowest BCUT2D eigenvalue weighted by Gasteiger charge is -2.28. The van der Waals surface area contributed by atoms with Gasteiger partial charge in [-0.15, -0.1) is 0 Å². The topological polar surface area (TPSA) is 18.5 Å². The van der Waals surface area contributed by atoms with Crippen molar-refractivity contribution in [2.45, 2.75) is 25.1 Å². The van der Waals surface area contributed by atoms with E-state index in [0.29, 0.717) is 22.3 Å². The Kier molecular flexibility index (Phi) is 7.82. The van der Waals surface area contributed by atoms with E-state index in [1.54, 1.807) is 12.1 Å². The Morgan fingerprint density at radius 1 is 0.396 bits per heavy atom. The first kappa shape index (κ1) is 30.8. The third kappa shape index (κ3) is 5.68. The van der Waals surface area contributed by atoms with Gasteiger partial charge in [-0.05, 0) is 83.1 Å². The highest BCUT2D eigenvalue weighted by Crippen LogP contribution is 2.52. The summed E-state index contributed by atoms with van der Waals surface area (Å²) < 4.78 is 71.4. The Hall–Kier alpha value is -4.50. The molecule has 0 spiro atoms. The Bertz CT molecular complexity index is 1860. The molecule has 0 atom stereocenters. The van der Waals surface area contributed by atoms with Crippen LogP contribution in [0.15, 0.2) is 146 Å². The standard InChI is InChI=1S/C40H28F4O2P2/c41-39(42)25-31-33(45-39)21-23-35(47(27-13-5-1-6-14-27)28-15-7-2-8-16-28)37(31)38-32-26-40(43,44)46-34(32)22-24-36(38)48(29-17-9-3-10-18-29)30-19-11-4-12-20-30/h1-24H,25-26H2. The molecule has 0 fully saturated rings. The summed E-state index contributed by atoms with van der Waals surface area (Å²) in [6.07, 6.45) is -8.24. The van der Waals surface area contributed by atoms with Crippen LogP contribution >= 0.6 is 15.8 Å². The monoisotopic (exact) mass is 678 g/mol. The van der Waals surface area contributed by atoms with Crippen LogP contribution in [-0.4, -0.2) is 12.2 Å². The molecule has 0 saturated carbocycles. The van der Waals surface area contributed by atoms with Gasteiger partial charge >= 0.3 is 12.2 Å². The highest BCUT2D eigenvalue weighted by atomic mass is 31.1. The van der Waals surface area contributed by atoms with E-state index in [1.165, 1.54) is 0 Å². The molecule has 8 rings (SSSR count). The van der Waals surface area contributed by atoms with Gasteiger partial charge in [0.25, 0.3) is 0 Å². The molecule has 48 heavy (non-hydrogen) atoms. The summed E-state index contributed by atoms with van der Waals surface area (Å²) in [5.41, 5.74) is 1.68. The zero-order valence-electron chi connectivity index (χ0n) is 25.5. The van der Waals surface area contributed by atoms with E-state index < -0.39 is 40.9 Å². The fourth-order valence-electron chi connectivity index (χ4n) is 6.67. The van der Waals surface area contributed by atoms with Crippen LogP contribution in [0.1, 0.15) is 11.1 Å². The second-order valence-corrected chi connectivity index (χ2v) is 16.1. The summed E-state index contributed by atoms with van der Waals surface area (Å²) in [4.78, 5) is 0. The van der Waals surface area contributed by atoms with Gasteiger partial charge in [-0.2, -0.15) is 17.6 Å². The summed E-state index contributed by atoms with van der Waals surface area (Å²) >= 11 is 0. The minimum absolute atomic E-state index is 0.0628. The van der Waals surface area contributed by atoms with Crippen molar-refractivity contribution < 1.29 is 27.0 Å². The summed E-state index contributed by atoms with van der Waals surface area (Å²) in [5, 5.41) is 5.63. The largest absolute Gasteiger partial charge is 0.432 e. The number of benzene rings is 6. The normalized spacial score (nSPS) is 15.5. The maximum absolute atomic E-state index is 15.2. The molecule has 0 aromatic heterocycles. The molecular weight excluding hydrogens is 650 g/mol. The fraction of sp³-hybridized carbons (Fsp3) is 0.100. The summed E-state index contributed by atoms with van der Waals surface area (Å²) in [6, 6.07) is 46.7. The first-order valence-corrected chi connectivity index (χ1v) is 18.2. The average Bonchev–Trinajstić information content (AvgIpc) is 3.60. The van der Waals surface area contributed by atoms with Crippen molar-refractivity contribution in [2.24, 2.45) is 0 Å². The van der Waals surface area contributed by atoms with Crippen LogP contribution in [-0.2, 0) is 12.8 Å². The lowest BCUT2D eigenvalue weighted by Crippen LogP contribution is -2.27. The number of rotatable bonds is 7. The fourth-order valence-corrected chi connectivity index (χ4v) is 11.7. The van der Waals surface area contributed by atoms with Crippen LogP contribution in [0.4, 0.5) is 17.6 Å². The van der Waals surface area contributed by atoms with Crippen molar-refractivity contribution >= 4 is 47.7 Å². The maximum atomic E-state index is 15.2. The van der Waals surface area contributed by atoms with Gasteiger partial charge in [-0.3, -0.25) is 0 Å². The van der Waals surface area contributed by atoms with Gasteiger partial charge in [-0.1, -0.05) is 121 Å². The first-order chi connectivity index (χ1) is 23.3. The molecule has 0 bridgehead atoms. The van der Waals surface area contributed by atoms with Crippen molar-refractivity contribution in [3.05, 3.63) is 157 Å². The van der Waals surface area contributed by atoms with Crippen LogP contribution in [0.3, 0.4) is 0 Å². The van der Waals surface area contributed by atoms with Gasteiger partial charge in [0.1, 0.15) is 11.5 Å². The zero-order valence-corrected chi connectivity index (χ0v) is 27.3. The average molecular weight is 679 g/mol. The van der Waals surface area contributed by atoms with E-state index in [4.69, 9.17) is 9.47 Å². The molecule has 2 aliphatic rings. The molecule has 0 N–H and O–H groups in total. The first-order valence-electron chi connectivity index (χ1n) is 15.5. The van der Waals surface area contributed by atoms with Crippen molar-refractivity contribution in [1.29, 1.82) is 0 Å². The van der Waals surface area contributed by atoms with Gasteiger partial charge < -0.3 is 9.47 Å². The molecule has 0 radical (unpaired) electrons. The number of ether oxygens (including phenoxy) is 2. The Balaban J connectivity index is 1.50. The Morgan fingerprint density at radius 3 is 0.979 bits per heavy atom. The summed E-state index contributed by atoms with van der Waals surface area (Å²) in [5.74, 6) is 0.126. The molecule has 6 aromatic carbocycles. The summed E-state index contributed by atoms with van der Waals surface area (Å²) in [6.45, 7) is 0. The highest BCUT2D eigenvalue weighted by Gasteiger charge is 2.46. The number of hydrogen-bond donors (Lipinski definition) is 0. The van der Waals surface area contributed by atoms with Crippen molar-refractivity contribution in [3.63, 3.8) is 0 Å². The molecule has 0 aliphatic carbocycles. The van der Waals surface area contributed by atoms with E-state index in [-0.39, 0.29) is 11.5 Å². The molecule has 0 unspecified atom stereocenters. The van der Waals surface area contributed by atoms with Crippen molar-refractivity contribution in [1.82, 2.24) is 0 Å². The van der Waals surface area contributed by atoms with Crippen LogP contribution in [0.25, 0.3) is 11.1 Å². The van der Waals surface area contributed by atoms with Gasteiger partial charge in [0.2, 0.25) is 0 Å². The molecule has 2 nitrogen and oxygen atoms in total. The van der Waals surface area contributed by atoms with E-state index in [1.807, 2.05) is 133 Å². The number of hydrogen-bond acceptors (Lipinski definition) is 2. The van der Waals surface area contributed by atoms with E-state index >= 15 is 17.6 Å². The lowest BCUT2D eigenvalue weighted by atomic mass is 9.92.